The number of hydrogen-bond acceptors (Lipinski definition) is 2. The number of amides is 1. The van der Waals surface area contributed by atoms with Crippen LogP contribution in [0.1, 0.15) is 58.8 Å². The molecule has 21 heavy (non-hydrogen) atoms. The monoisotopic (exact) mass is 291 g/mol. The summed E-state index contributed by atoms with van der Waals surface area (Å²) in [7, 11) is 0. The molecule has 0 aliphatic heterocycles. The number of aliphatic hydroxyl groups is 1. The zero-order chi connectivity index (χ0) is 14.8. The van der Waals surface area contributed by atoms with Gasteiger partial charge in [0.15, 0.2) is 0 Å². The Balaban J connectivity index is 1.29. The molecule has 4 rings (SSSR count). The molecule has 4 fully saturated rings. The summed E-state index contributed by atoms with van der Waals surface area (Å²) in [5.41, 5.74) is -0.308. The van der Waals surface area contributed by atoms with E-state index in [1.54, 1.807) is 0 Å². The Hall–Kier alpha value is -0.570. The summed E-state index contributed by atoms with van der Waals surface area (Å²) < 4.78 is 0. The van der Waals surface area contributed by atoms with Crippen LogP contribution in [0.15, 0.2) is 0 Å². The highest BCUT2D eigenvalue weighted by Gasteiger charge is 2.67. The van der Waals surface area contributed by atoms with Crippen LogP contribution in [-0.4, -0.2) is 23.2 Å². The summed E-state index contributed by atoms with van der Waals surface area (Å²) in [5, 5.41) is 13.7. The molecule has 118 valence electrons. The fraction of sp³-hybridized carbons (Fsp3) is 0.944. The van der Waals surface area contributed by atoms with Gasteiger partial charge in [0, 0.05) is 12.5 Å². The second-order valence-corrected chi connectivity index (χ2v) is 9.12. The maximum Gasteiger partial charge on any atom is 0.223 e. The van der Waals surface area contributed by atoms with Gasteiger partial charge in [0.2, 0.25) is 5.91 Å². The summed E-state index contributed by atoms with van der Waals surface area (Å²) >= 11 is 0. The van der Waals surface area contributed by atoms with Gasteiger partial charge in [-0.25, -0.2) is 0 Å². The van der Waals surface area contributed by atoms with Gasteiger partial charge in [-0.05, 0) is 74.0 Å². The van der Waals surface area contributed by atoms with E-state index in [9.17, 15) is 9.90 Å². The first-order valence-corrected chi connectivity index (χ1v) is 8.89. The van der Waals surface area contributed by atoms with Crippen molar-refractivity contribution in [2.24, 2.45) is 35.0 Å². The molecule has 0 spiro atoms. The number of nitrogens with one attached hydrogen (secondary N) is 1. The lowest BCUT2D eigenvalue weighted by molar-refractivity contribution is -0.125. The van der Waals surface area contributed by atoms with Crippen molar-refractivity contribution in [3.8, 4) is 0 Å². The first-order valence-electron chi connectivity index (χ1n) is 8.89. The van der Waals surface area contributed by atoms with Crippen LogP contribution in [0.3, 0.4) is 0 Å². The maximum absolute atomic E-state index is 12.4. The van der Waals surface area contributed by atoms with Gasteiger partial charge in [0.1, 0.15) is 0 Å². The van der Waals surface area contributed by atoms with Crippen LogP contribution in [0.2, 0.25) is 0 Å². The van der Waals surface area contributed by atoms with Crippen LogP contribution in [0.4, 0.5) is 0 Å². The normalized spacial score (nSPS) is 45.2. The SMILES string of the molecule is CC1(C)CCC(O)(CNC(=O)C2C3C4CCC(C4)C23)CC1. The topological polar surface area (TPSA) is 49.3 Å². The molecule has 0 saturated heterocycles. The number of carbonyl (C=O) groups is 1. The predicted octanol–water partition coefficient (Wildman–Crippen LogP) is 2.73. The van der Waals surface area contributed by atoms with Crippen molar-refractivity contribution in [2.45, 2.75) is 64.4 Å². The standard InChI is InChI=1S/C18H29NO2/c1-17(2)5-7-18(21,8-6-17)10-19-16(20)15-13-11-3-4-12(9-11)14(13)15/h11-15,21H,3-10H2,1-2H3,(H,19,20). The molecule has 4 saturated carbocycles. The van der Waals surface area contributed by atoms with Gasteiger partial charge >= 0.3 is 0 Å². The smallest absolute Gasteiger partial charge is 0.223 e. The summed E-state index contributed by atoms with van der Waals surface area (Å²) in [6.45, 7) is 5.01. The average Bonchev–Trinajstić information content (AvgIpc) is 2.89. The van der Waals surface area contributed by atoms with E-state index in [2.05, 4.69) is 19.2 Å². The molecule has 4 atom stereocenters. The van der Waals surface area contributed by atoms with E-state index in [1.807, 2.05) is 0 Å². The molecular formula is C18H29NO2. The average molecular weight is 291 g/mol. The lowest BCUT2D eigenvalue weighted by Crippen LogP contribution is -2.47. The molecule has 4 unspecified atom stereocenters. The first-order chi connectivity index (χ1) is 9.89. The highest BCUT2D eigenvalue weighted by atomic mass is 16.3. The molecule has 0 radical (unpaired) electrons. The molecule has 0 aromatic heterocycles. The summed E-state index contributed by atoms with van der Waals surface area (Å²) in [6.07, 6.45) is 7.85. The molecule has 4 aliphatic carbocycles. The van der Waals surface area contributed by atoms with E-state index < -0.39 is 5.60 Å². The van der Waals surface area contributed by atoms with Gasteiger partial charge in [-0.1, -0.05) is 13.8 Å². The Morgan fingerprint density at radius 2 is 1.67 bits per heavy atom. The fourth-order valence-electron chi connectivity index (χ4n) is 5.61. The van der Waals surface area contributed by atoms with Crippen LogP contribution < -0.4 is 5.32 Å². The number of rotatable bonds is 3. The number of hydrogen-bond donors (Lipinski definition) is 2. The Morgan fingerprint density at radius 3 is 2.24 bits per heavy atom. The second-order valence-electron chi connectivity index (χ2n) is 9.12. The predicted molar refractivity (Wildman–Crippen MR) is 81.5 cm³/mol. The Kier molecular flexibility index (Phi) is 2.99. The first kappa shape index (κ1) is 14.0. The number of carbonyl (C=O) groups excluding carboxylic acids is 1. The summed E-state index contributed by atoms with van der Waals surface area (Å²) in [5.74, 6) is 3.61. The van der Waals surface area contributed by atoms with Crippen molar-refractivity contribution < 1.29 is 9.90 Å². The zero-order valence-corrected chi connectivity index (χ0v) is 13.4. The lowest BCUT2D eigenvalue weighted by Gasteiger charge is -2.40. The van der Waals surface area contributed by atoms with Crippen LogP contribution in [0.25, 0.3) is 0 Å². The summed E-state index contributed by atoms with van der Waals surface area (Å²) in [6, 6.07) is 0. The lowest BCUT2D eigenvalue weighted by atomic mass is 9.71. The van der Waals surface area contributed by atoms with Crippen molar-refractivity contribution in [3.05, 3.63) is 0 Å². The maximum atomic E-state index is 12.4. The minimum atomic E-state index is -0.659. The zero-order valence-electron chi connectivity index (χ0n) is 13.4. The van der Waals surface area contributed by atoms with Crippen LogP contribution >= 0.6 is 0 Å². The minimum absolute atomic E-state index is 0.236. The van der Waals surface area contributed by atoms with Crippen molar-refractivity contribution in [1.82, 2.24) is 5.32 Å². The minimum Gasteiger partial charge on any atom is -0.388 e. The van der Waals surface area contributed by atoms with E-state index in [0.717, 1.165) is 37.5 Å². The van der Waals surface area contributed by atoms with Gasteiger partial charge in [-0.3, -0.25) is 4.79 Å². The Labute approximate surface area is 127 Å². The van der Waals surface area contributed by atoms with Gasteiger partial charge in [-0.2, -0.15) is 0 Å². The van der Waals surface area contributed by atoms with Crippen LogP contribution in [0.5, 0.6) is 0 Å². The van der Waals surface area contributed by atoms with E-state index in [-0.39, 0.29) is 5.91 Å². The quantitative estimate of drug-likeness (QED) is 0.840. The van der Waals surface area contributed by atoms with E-state index in [0.29, 0.717) is 29.7 Å². The van der Waals surface area contributed by atoms with Crippen molar-refractivity contribution in [1.29, 1.82) is 0 Å². The van der Waals surface area contributed by atoms with Gasteiger partial charge in [0.25, 0.3) is 0 Å². The third-order valence-corrected chi connectivity index (χ3v) is 7.16. The van der Waals surface area contributed by atoms with Gasteiger partial charge in [-0.15, -0.1) is 0 Å². The third kappa shape index (κ3) is 2.32. The fourth-order valence-corrected chi connectivity index (χ4v) is 5.61. The molecule has 0 aromatic carbocycles. The molecule has 4 aliphatic rings. The van der Waals surface area contributed by atoms with E-state index in [4.69, 9.17) is 0 Å². The largest absolute Gasteiger partial charge is 0.388 e. The highest BCUT2D eigenvalue weighted by molar-refractivity contribution is 5.82. The molecule has 2 N–H and O–H groups in total. The number of fused-ring (bicyclic) bond motifs is 5. The Morgan fingerprint density at radius 1 is 1.10 bits per heavy atom. The van der Waals surface area contributed by atoms with Crippen molar-refractivity contribution in [2.75, 3.05) is 6.54 Å². The highest BCUT2D eigenvalue weighted by Crippen LogP contribution is 2.69. The molecule has 3 nitrogen and oxygen atoms in total. The van der Waals surface area contributed by atoms with Crippen molar-refractivity contribution in [3.63, 3.8) is 0 Å². The van der Waals surface area contributed by atoms with Crippen molar-refractivity contribution >= 4 is 5.91 Å². The molecular weight excluding hydrogens is 262 g/mol. The third-order valence-electron chi connectivity index (χ3n) is 7.16. The van der Waals surface area contributed by atoms with Gasteiger partial charge < -0.3 is 10.4 Å². The van der Waals surface area contributed by atoms with Gasteiger partial charge in [0.05, 0.1) is 5.60 Å². The molecule has 2 bridgehead atoms. The molecule has 3 heteroatoms. The molecule has 0 aromatic rings. The second kappa shape index (κ2) is 4.47. The van der Waals surface area contributed by atoms with Crippen LogP contribution in [-0.2, 0) is 4.79 Å². The summed E-state index contributed by atoms with van der Waals surface area (Å²) in [4.78, 5) is 12.4. The Bertz CT molecular complexity index is 432. The van der Waals surface area contributed by atoms with E-state index in [1.165, 1.54) is 19.3 Å². The van der Waals surface area contributed by atoms with E-state index >= 15 is 0 Å². The van der Waals surface area contributed by atoms with Crippen LogP contribution in [0, 0.1) is 35.0 Å². The molecule has 0 heterocycles. The molecule has 1 amide bonds.